The van der Waals surface area contributed by atoms with Crippen LogP contribution < -0.4 is 10.6 Å². The molecule has 23 heavy (non-hydrogen) atoms. The molecule has 0 aliphatic carbocycles. The van der Waals surface area contributed by atoms with E-state index >= 15 is 0 Å². The number of nitrogens with one attached hydrogen (secondary N) is 2. The first kappa shape index (κ1) is 17.6. The number of benzene rings is 2. The first-order valence-electron chi connectivity index (χ1n) is 7.19. The maximum absolute atomic E-state index is 12.3. The van der Waals surface area contributed by atoms with E-state index in [1.54, 1.807) is 25.1 Å². The summed E-state index contributed by atoms with van der Waals surface area (Å²) in [4.78, 5) is 12.3. The van der Waals surface area contributed by atoms with Gasteiger partial charge in [0.25, 0.3) is 0 Å². The van der Waals surface area contributed by atoms with Crippen LogP contribution in [-0.4, -0.2) is 23.7 Å². The topological polar surface area (TPSA) is 61.4 Å². The Morgan fingerprint density at radius 1 is 1.13 bits per heavy atom. The van der Waals surface area contributed by atoms with Gasteiger partial charge in [0.15, 0.2) is 0 Å². The van der Waals surface area contributed by atoms with Gasteiger partial charge in [0.2, 0.25) is 5.91 Å². The summed E-state index contributed by atoms with van der Waals surface area (Å²) in [5.41, 5.74) is 1.55. The van der Waals surface area contributed by atoms with Gasteiger partial charge in [-0.3, -0.25) is 4.79 Å². The second-order valence-corrected chi connectivity index (χ2v) is 5.96. The zero-order valence-corrected chi connectivity index (χ0v) is 14.1. The molecule has 0 saturated carbocycles. The lowest BCUT2D eigenvalue weighted by Gasteiger charge is -2.21. The van der Waals surface area contributed by atoms with Crippen molar-refractivity contribution in [3.8, 4) is 0 Å². The smallest absolute Gasteiger partial charge is 0.242 e. The van der Waals surface area contributed by atoms with Crippen LogP contribution in [0.1, 0.15) is 18.5 Å². The van der Waals surface area contributed by atoms with Crippen molar-refractivity contribution in [2.45, 2.75) is 19.0 Å². The number of carbonyl (C=O) groups excluding carboxylic acids is 1. The minimum absolute atomic E-state index is 0.171. The Morgan fingerprint density at radius 3 is 2.43 bits per heavy atom. The number of anilines is 1. The average Bonchev–Trinajstić information content (AvgIpc) is 2.56. The summed E-state index contributed by atoms with van der Waals surface area (Å²) in [7, 11) is 0. The maximum Gasteiger partial charge on any atom is 0.242 e. The van der Waals surface area contributed by atoms with Gasteiger partial charge in [-0.05, 0) is 30.7 Å². The summed E-state index contributed by atoms with van der Waals surface area (Å²) >= 11 is 11.8. The lowest BCUT2D eigenvalue weighted by molar-refractivity contribution is -0.122. The second kappa shape index (κ2) is 8.20. The molecule has 0 heterocycles. The van der Waals surface area contributed by atoms with Crippen molar-refractivity contribution in [2.75, 3.05) is 11.9 Å². The summed E-state index contributed by atoms with van der Waals surface area (Å²) in [6.45, 7) is 1.56. The van der Waals surface area contributed by atoms with Gasteiger partial charge in [-0.25, -0.2) is 0 Å². The number of amides is 1. The van der Waals surface area contributed by atoms with E-state index in [-0.39, 0.29) is 12.5 Å². The first-order valence-corrected chi connectivity index (χ1v) is 7.94. The highest BCUT2D eigenvalue weighted by Gasteiger charge is 2.18. The Hall–Kier alpha value is -1.75. The largest absolute Gasteiger partial charge is 0.394 e. The van der Waals surface area contributed by atoms with Crippen molar-refractivity contribution in [1.29, 1.82) is 0 Å². The Morgan fingerprint density at radius 2 is 1.83 bits per heavy atom. The Kier molecular flexibility index (Phi) is 6.28. The highest BCUT2D eigenvalue weighted by Crippen LogP contribution is 2.25. The summed E-state index contributed by atoms with van der Waals surface area (Å²) in [6.07, 6.45) is 0. The van der Waals surface area contributed by atoms with E-state index in [1.807, 2.05) is 30.3 Å². The Labute approximate surface area is 145 Å². The van der Waals surface area contributed by atoms with E-state index in [9.17, 15) is 9.90 Å². The summed E-state index contributed by atoms with van der Waals surface area (Å²) < 4.78 is 0. The first-order chi connectivity index (χ1) is 11.0. The van der Waals surface area contributed by atoms with Crippen molar-refractivity contribution < 1.29 is 9.90 Å². The van der Waals surface area contributed by atoms with Crippen molar-refractivity contribution in [3.05, 3.63) is 64.1 Å². The molecule has 0 spiro atoms. The molecular formula is C17H18Cl2N2O2. The van der Waals surface area contributed by atoms with Gasteiger partial charge in [-0.15, -0.1) is 0 Å². The van der Waals surface area contributed by atoms with E-state index in [1.165, 1.54) is 0 Å². The van der Waals surface area contributed by atoms with E-state index in [4.69, 9.17) is 23.2 Å². The normalized spacial score (nSPS) is 13.2. The molecule has 0 radical (unpaired) electrons. The van der Waals surface area contributed by atoms with Gasteiger partial charge < -0.3 is 15.7 Å². The fourth-order valence-electron chi connectivity index (χ4n) is 2.12. The zero-order valence-electron chi connectivity index (χ0n) is 12.6. The number of halogens is 2. The minimum Gasteiger partial charge on any atom is -0.394 e. The summed E-state index contributed by atoms with van der Waals surface area (Å²) in [5.74, 6) is -0.223. The van der Waals surface area contributed by atoms with Gasteiger partial charge >= 0.3 is 0 Å². The van der Waals surface area contributed by atoms with Gasteiger partial charge in [0.1, 0.15) is 6.04 Å². The van der Waals surface area contributed by atoms with Crippen LogP contribution in [0.2, 0.25) is 10.0 Å². The number of hydrogen-bond acceptors (Lipinski definition) is 3. The molecule has 3 N–H and O–H groups in total. The Balaban J connectivity index is 2.00. The summed E-state index contributed by atoms with van der Waals surface area (Å²) in [5, 5.41) is 16.2. The van der Waals surface area contributed by atoms with Gasteiger partial charge in [0.05, 0.1) is 22.7 Å². The minimum atomic E-state index is -0.495. The standard InChI is InChI=1S/C17H18Cl2N2O2/c1-11(20-13-7-8-14(18)15(19)9-13)17(23)21-16(10-22)12-5-3-2-4-6-12/h2-9,11,16,20,22H,10H2,1H3,(H,21,23)/t11?,16-/m1/s1. The van der Waals surface area contributed by atoms with Crippen molar-refractivity contribution >= 4 is 34.8 Å². The number of carbonyl (C=O) groups is 1. The van der Waals surface area contributed by atoms with Crippen LogP contribution >= 0.6 is 23.2 Å². The third-order valence-corrected chi connectivity index (χ3v) is 4.14. The van der Waals surface area contributed by atoms with Crippen LogP contribution in [0.5, 0.6) is 0 Å². The Bertz CT molecular complexity index is 665. The molecule has 0 bridgehead atoms. The molecule has 0 aromatic heterocycles. The molecule has 122 valence electrons. The molecule has 2 aromatic carbocycles. The molecule has 0 saturated heterocycles. The van der Waals surface area contributed by atoms with Crippen molar-refractivity contribution in [1.82, 2.24) is 5.32 Å². The predicted octanol–water partition coefficient (Wildman–Crippen LogP) is 3.64. The number of aliphatic hydroxyl groups is 1. The lowest BCUT2D eigenvalue weighted by Crippen LogP contribution is -2.40. The van der Waals surface area contributed by atoms with E-state index in [0.717, 1.165) is 5.56 Å². The molecule has 2 atom stereocenters. The number of rotatable bonds is 6. The zero-order chi connectivity index (χ0) is 16.8. The molecular weight excluding hydrogens is 335 g/mol. The molecule has 1 amide bonds. The molecule has 0 fully saturated rings. The summed E-state index contributed by atoms with van der Waals surface area (Å²) in [6, 6.07) is 13.5. The van der Waals surface area contributed by atoms with Crippen LogP contribution in [0.25, 0.3) is 0 Å². The van der Waals surface area contributed by atoms with Crippen LogP contribution in [0.15, 0.2) is 48.5 Å². The molecule has 2 rings (SSSR count). The predicted molar refractivity (Wildman–Crippen MR) is 94.0 cm³/mol. The molecule has 1 unspecified atom stereocenters. The molecule has 0 aliphatic heterocycles. The highest BCUT2D eigenvalue weighted by atomic mass is 35.5. The number of aliphatic hydroxyl groups excluding tert-OH is 1. The van der Waals surface area contributed by atoms with Gasteiger partial charge in [-0.2, -0.15) is 0 Å². The monoisotopic (exact) mass is 352 g/mol. The molecule has 2 aromatic rings. The molecule has 6 heteroatoms. The van der Waals surface area contributed by atoms with Crippen LogP contribution in [0.4, 0.5) is 5.69 Å². The third kappa shape index (κ3) is 4.86. The van der Waals surface area contributed by atoms with Crippen molar-refractivity contribution in [3.63, 3.8) is 0 Å². The SMILES string of the molecule is CC(Nc1ccc(Cl)c(Cl)c1)C(=O)N[C@H](CO)c1ccccc1. The van der Waals surface area contributed by atoms with E-state index in [0.29, 0.717) is 15.7 Å². The molecule has 4 nitrogen and oxygen atoms in total. The second-order valence-electron chi connectivity index (χ2n) is 5.15. The van der Waals surface area contributed by atoms with E-state index < -0.39 is 12.1 Å². The lowest BCUT2D eigenvalue weighted by atomic mass is 10.1. The van der Waals surface area contributed by atoms with Crippen molar-refractivity contribution in [2.24, 2.45) is 0 Å². The fourth-order valence-corrected chi connectivity index (χ4v) is 2.42. The van der Waals surface area contributed by atoms with Gasteiger partial charge in [-0.1, -0.05) is 53.5 Å². The quantitative estimate of drug-likeness (QED) is 0.743. The van der Waals surface area contributed by atoms with Crippen LogP contribution in [-0.2, 0) is 4.79 Å². The van der Waals surface area contributed by atoms with Gasteiger partial charge in [0, 0.05) is 5.69 Å². The third-order valence-electron chi connectivity index (χ3n) is 3.40. The average molecular weight is 353 g/mol. The fraction of sp³-hybridized carbons (Fsp3) is 0.235. The highest BCUT2D eigenvalue weighted by molar-refractivity contribution is 6.42. The van der Waals surface area contributed by atoms with E-state index in [2.05, 4.69) is 10.6 Å². The van der Waals surface area contributed by atoms with Crippen LogP contribution in [0.3, 0.4) is 0 Å². The van der Waals surface area contributed by atoms with Crippen LogP contribution in [0, 0.1) is 0 Å². The maximum atomic E-state index is 12.3. The number of hydrogen-bond donors (Lipinski definition) is 3. The molecule has 0 aliphatic rings.